The molecule has 12 heteroatoms. The van der Waals surface area contributed by atoms with E-state index < -0.39 is 11.8 Å². The summed E-state index contributed by atoms with van der Waals surface area (Å²) in [6.45, 7) is 2.49. The molecular formula is C44H58Br2N2O8. The number of piperidine rings is 2. The largest absolute Gasteiger partial charge is 1.00 e. The molecule has 4 fully saturated rings. The summed E-state index contributed by atoms with van der Waals surface area (Å²) in [6.07, 6.45) is 7.61. The monoisotopic (exact) mass is 900 g/mol. The molecule has 3 aromatic rings. The van der Waals surface area contributed by atoms with Gasteiger partial charge in [0, 0.05) is 51.4 Å². The molecule has 4 aliphatic rings. The first-order chi connectivity index (χ1) is 26.2. The number of esters is 2. The molecule has 0 spiro atoms. The molecule has 0 saturated carbocycles. The topological polar surface area (TPSA) is 112 Å². The number of benzene rings is 3. The summed E-state index contributed by atoms with van der Waals surface area (Å²) in [5.41, 5.74) is 1.57. The van der Waals surface area contributed by atoms with Crippen molar-refractivity contribution in [2.75, 3.05) is 53.6 Å². The lowest BCUT2D eigenvalue weighted by Gasteiger charge is -2.46. The van der Waals surface area contributed by atoms with E-state index in [1.807, 2.05) is 84.9 Å². The van der Waals surface area contributed by atoms with Gasteiger partial charge in [0.1, 0.15) is 61.8 Å². The highest BCUT2D eigenvalue weighted by Crippen LogP contribution is 2.44. The fourth-order valence-corrected chi connectivity index (χ4v) is 10.2. The number of nitrogens with zero attached hydrogens (tertiary/aromatic N) is 2. The average Bonchev–Trinajstić information content (AvgIpc) is 3.41. The highest BCUT2D eigenvalue weighted by Gasteiger charge is 2.53. The van der Waals surface area contributed by atoms with Gasteiger partial charge in [0.25, 0.3) is 0 Å². The van der Waals surface area contributed by atoms with Crippen LogP contribution in [0.15, 0.2) is 84.9 Å². The number of halogens is 2. The number of likely N-dealkylation sites (N-methyl/N-ethyl adjacent to an activating group) is 2. The molecule has 0 aromatic heterocycles. The van der Waals surface area contributed by atoms with Crippen LogP contribution in [0.3, 0.4) is 0 Å². The summed E-state index contributed by atoms with van der Waals surface area (Å²) >= 11 is 0. The maximum atomic E-state index is 13.0. The summed E-state index contributed by atoms with van der Waals surface area (Å²) in [5, 5.41) is 19.9. The van der Waals surface area contributed by atoms with E-state index in [0.29, 0.717) is 37.4 Å². The van der Waals surface area contributed by atoms with Crippen LogP contribution in [0.2, 0.25) is 0 Å². The molecule has 4 bridgehead atoms. The summed E-state index contributed by atoms with van der Waals surface area (Å²) < 4.78 is 26.4. The first kappa shape index (κ1) is 44.1. The minimum Gasteiger partial charge on any atom is -1.00 e. The molecule has 2 N–H and O–H groups in total. The van der Waals surface area contributed by atoms with Crippen molar-refractivity contribution in [3.05, 3.63) is 96.1 Å². The van der Waals surface area contributed by atoms with Crippen molar-refractivity contribution in [1.29, 1.82) is 0 Å². The second-order valence-corrected chi connectivity index (χ2v) is 16.4. The number of hydrogen-bond donors (Lipinski definition) is 2. The number of quaternary nitrogens is 2. The lowest BCUT2D eigenvalue weighted by atomic mass is 9.96. The standard InChI is InChI=1S/C44H58N2O8.2BrH/c1-45(33-13-14-34(45)26-39(25-33)53-43(49)41(29-47)31-9-5-3-6-10-31)21-23-51-37-17-19-38(20-18-37)52-24-22-46(2)35-15-16-36(46)28-40(27-35)54-44(50)42(30-48)32-11-7-4-8-12-32;;/h3-12,17-20,33-36,39-42,47-48H,13-16,21-30H2,1-2H3;2*1H/q+2;;/p-2. The van der Waals surface area contributed by atoms with E-state index in [1.165, 1.54) is 0 Å². The zero-order valence-corrected chi connectivity index (χ0v) is 35.8. The predicted molar refractivity (Wildman–Crippen MR) is 204 cm³/mol. The number of carbonyl (C=O) groups excluding carboxylic acids is 2. The lowest BCUT2D eigenvalue weighted by Crippen LogP contribution is -3.00. The van der Waals surface area contributed by atoms with Crippen LogP contribution in [0.4, 0.5) is 0 Å². The van der Waals surface area contributed by atoms with Gasteiger partial charge in [0.05, 0.1) is 51.5 Å². The van der Waals surface area contributed by atoms with E-state index in [9.17, 15) is 19.8 Å². The Hall–Kier alpha value is -3.00. The van der Waals surface area contributed by atoms with Gasteiger partial charge in [-0.2, -0.15) is 0 Å². The van der Waals surface area contributed by atoms with Gasteiger partial charge in [-0.25, -0.2) is 0 Å². The van der Waals surface area contributed by atoms with Gasteiger partial charge in [-0.1, -0.05) is 60.7 Å². The number of hydrogen-bond acceptors (Lipinski definition) is 8. The fraction of sp³-hybridized carbons (Fsp3) is 0.545. The maximum absolute atomic E-state index is 13.0. The van der Waals surface area contributed by atoms with Crippen LogP contribution in [-0.2, 0) is 19.1 Å². The molecule has 56 heavy (non-hydrogen) atoms. The van der Waals surface area contributed by atoms with Crippen LogP contribution >= 0.6 is 0 Å². The van der Waals surface area contributed by atoms with E-state index in [1.54, 1.807) is 0 Å². The highest BCUT2D eigenvalue weighted by molar-refractivity contribution is 5.79. The molecule has 0 amide bonds. The zero-order chi connectivity index (χ0) is 37.7. The summed E-state index contributed by atoms with van der Waals surface area (Å²) in [6, 6.07) is 28.4. The Bertz CT molecular complexity index is 1550. The van der Waals surface area contributed by atoms with Gasteiger partial charge in [-0.3, -0.25) is 9.59 Å². The van der Waals surface area contributed by atoms with Crippen molar-refractivity contribution in [3.8, 4) is 11.5 Å². The smallest absolute Gasteiger partial charge is 0.316 e. The number of aliphatic hydroxyl groups is 2. The highest BCUT2D eigenvalue weighted by atomic mass is 79.9. The lowest BCUT2D eigenvalue weighted by molar-refractivity contribution is -0.949. The van der Waals surface area contributed by atoms with Crippen LogP contribution in [0, 0.1) is 0 Å². The number of aliphatic hydroxyl groups excluding tert-OH is 2. The Morgan fingerprint density at radius 2 is 0.893 bits per heavy atom. The minimum absolute atomic E-state index is 0. The van der Waals surface area contributed by atoms with Crippen LogP contribution in [0.5, 0.6) is 11.5 Å². The van der Waals surface area contributed by atoms with Gasteiger partial charge in [0.2, 0.25) is 0 Å². The average molecular weight is 903 g/mol. The Labute approximate surface area is 352 Å². The number of ether oxygens (including phenoxy) is 4. The molecular weight excluding hydrogens is 844 g/mol. The van der Waals surface area contributed by atoms with Gasteiger partial charge >= 0.3 is 11.9 Å². The van der Waals surface area contributed by atoms with E-state index in [4.69, 9.17) is 18.9 Å². The molecule has 7 rings (SSSR count). The van der Waals surface area contributed by atoms with Gasteiger partial charge in [0.15, 0.2) is 0 Å². The third kappa shape index (κ3) is 9.64. The predicted octanol–water partition coefficient (Wildman–Crippen LogP) is -0.629. The Balaban J connectivity index is 0.00000300. The summed E-state index contributed by atoms with van der Waals surface area (Å²) in [4.78, 5) is 26.1. The van der Waals surface area contributed by atoms with Crippen LogP contribution < -0.4 is 43.4 Å². The van der Waals surface area contributed by atoms with Crippen LogP contribution in [-0.4, -0.2) is 121 Å². The Kier molecular flexibility index (Phi) is 15.5. The van der Waals surface area contributed by atoms with Crippen molar-refractivity contribution < 1.29 is 81.7 Å². The molecule has 4 heterocycles. The normalized spacial score (nSPS) is 29.9. The summed E-state index contributed by atoms with van der Waals surface area (Å²) in [7, 11) is 4.65. The second kappa shape index (κ2) is 19.6. The first-order valence-corrected chi connectivity index (χ1v) is 20.0. The van der Waals surface area contributed by atoms with Gasteiger partial charge in [-0.15, -0.1) is 0 Å². The quantitative estimate of drug-likeness (QED) is 0.145. The number of rotatable bonds is 16. The SMILES string of the molecule is C[N+]1(CCOc2ccc(OCC[N+]3(C)C4CCC3CC(OC(=O)C(CO)c3ccccc3)C4)cc2)C2CCC1CC(OC(=O)C(CO)c1ccccc1)C2.[Br-].[Br-]. The summed E-state index contributed by atoms with van der Waals surface area (Å²) in [5.74, 6) is -0.310. The molecule has 0 aliphatic carbocycles. The van der Waals surface area contributed by atoms with Crippen molar-refractivity contribution in [1.82, 2.24) is 0 Å². The third-order valence-corrected chi connectivity index (χ3v) is 13.6. The molecule has 10 nitrogen and oxygen atoms in total. The molecule has 4 saturated heterocycles. The van der Waals surface area contributed by atoms with Gasteiger partial charge in [-0.05, 0) is 35.4 Å². The number of carbonyl (C=O) groups is 2. The minimum atomic E-state index is -0.646. The van der Waals surface area contributed by atoms with Crippen LogP contribution in [0.25, 0.3) is 0 Å². The first-order valence-electron chi connectivity index (χ1n) is 20.0. The van der Waals surface area contributed by atoms with Crippen LogP contribution in [0.1, 0.15) is 74.3 Å². The zero-order valence-electron chi connectivity index (χ0n) is 32.6. The van der Waals surface area contributed by atoms with E-state index >= 15 is 0 Å². The Morgan fingerprint density at radius 1 is 0.571 bits per heavy atom. The Morgan fingerprint density at radius 3 is 1.20 bits per heavy atom. The van der Waals surface area contributed by atoms with E-state index in [-0.39, 0.29) is 71.3 Å². The third-order valence-electron chi connectivity index (χ3n) is 13.6. The fourth-order valence-electron chi connectivity index (χ4n) is 10.2. The molecule has 4 aliphatic heterocycles. The van der Waals surface area contributed by atoms with Crippen molar-refractivity contribution in [2.24, 2.45) is 0 Å². The van der Waals surface area contributed by atoms with Crippen molar-refractivity contribution in [3.63, 3.8) is 0 Å². The van der Waals surface area contributed by atoms with E-state index in [0.717, 1.165) is 96.0 Å². The maximum Gasteiger partial charge on any atom is 0.316 e. The second-order valence-electron chi connectivity index (χ2n) is 16.4. The molecule has 306 valence electrons. The molecule has 3 aromatic carbocycles. The molecule has 6 atom stereocenters. The van der Waals surface area contributed by atoms with Gasteiger partial charge < -0.3 is 72.1 Å². The van der Waals surface area contributed by atoms with Crippen molar-refractivity contribution >= 4 is 11.9 Å². The van der Waals surface area contributed by atoms with Crippen molar-refractivity contribution in [2.45, 2.75) is 99.6 Å². The molecule has 0 radical (unpaired) electrons. The molecule has 6 unspecified atom stereocenters. The van der Waals surface area contributed by atoms with E-state index in [2.05, 4.69) is 14.1 Å². The number of fused-ring (bicyclic) bond motifs is 4.